The molecule has 0 fully saturated rings. The van der Waals surface area contributed by atoms with Gasteiger partial charge in [-0.25, -0.2) is 14.7 Å². The molecule has 1 aromatic heterocycles. The van der Waals surface area contributed by atoms with Crippen LogP contribution in [0.15, 0.2) is 53.3 Å². The predicted molar refractivity (Wildman–Crippen MR) is 94.9 cm³/mol. The Kier molecular flexibility index (Phi) is 4.52. The van der Waals surface area contributed by atoms with Crippen LogP contribution in [0.4, 0.5) is 0 Å². The Labute approximate surface area is 144 Å². The van der Waals surface area contributed by atoms with Crippen LogP contribution in [0.25, 0.3) is 11.1 Å². The molecule has 1 heterocycles. The zero-order valence-electron chi connectivity index (χ0n) is 14.1. The summed E-state index contributed by atoms with van der Waals surface area (Å²) in [5, 5.41) is 12.0. The summed E-state index contributed by atoms with van der Waals surface area (Å²) in [5.74, 6) is -0.0943. The van der Waals surface area contributed by atoms with E-state index in [1.807, 2.05) is 44.2 Å². The zero-order valence-corrected chi connectivity index (χ0v) is 14.1. The summed E-state index contributed by atoms with van der Waals surface area (Å²) >= 11 is 0. The quantitative estimate of drug-likeness (QED) is 0.749. The van der Waals surface area contributed by atoms with Crippen molar-refractivity contribution < 1.29 is 9.90 Å². The molecule has 0 bridgehead atoms. The highest BCUT2D eigenvalue weighted by molar-refractivity contribution is 5.95. The van der Waals surface area contributed by atoms with E-state index in [0.29, 0.717) is 17.9 Å². The summed E-state index contributed by atoms with van der Waals surface area (Å²) in [7, 11) is 0. The van der Waals surface area contributed by atoms with Gasteiger partial charge < -0.3 is 5.11 Å². The fraction of sp³-hybridized carbons (Fsp3) is 0.211. The fourth-order valence-corrected chi connectivity index (χ4v) is 2.82. The molecule has 2 aromatic carbocycles. The highest BCUT2D eigenvalue weighted by atomic mass is 16.4. The van der Waals surface area contributed by atoms with Gasteiger partial charge in [0.1, 0.15) is 5.82 Å². The number of carboxylic acids is 1. The Morgan fingerprint density at radius 2 is 1.84 bits per heavy atom. The Morgan fingerprint density at radius 3 is 2.48 bits per heavy atom. The van der Waals surface area contributed by atoms with Gasteiger partial charge in [0.15, 0.2) is 0 Å². The molecule has 0 radical (unpaired) electrons. The number of nitrogens with one attached hydrogen (secondary N) is 1. The summed E-state index contributed by atoms with van der Waals surface area (Å²) in [6.07, 6.45) is 0. The Balaban J connectivity index is 1.89. The van der Waals surface area contributed by atoms with Gasteiger partial charge in [-0.2, -0.15) is 4.98 Å². The van der Waals surface area contributed by atoms with E-state index >= 15 is 0 Å². The maximum Gasteiger partial charge on any atom is 0.361 e. The van der Waals surface area contributed by atoms with Gasteiger partial charge in [-0.3, -0.25) is 4.68 Å². The second kappa shape index (κ2) is 6.76. The molecule has 128 valence electrons. The van der Waals surface area contributed by atoms with E-state index in [0.717, 1.165) is 11.1 Å². The molecule has 25 heavy (non-hydrogen) atoms. The lowest BCUT2D eigenvalue weighted by Gasteiger charge is -2.10. The Hall–Kier alpha value is -3.15. The topological polar surface area (TPSA) is 88.0 Å². The van der Waals surface area contributed by atoms with Crippen LogP contribution in [-0.2, 0) is 6.54 Å². The lowest BCUT2D eigenvalue weighted by molar-refractivity contribution is 0.0697. The van der Waals surface area contributed by atoms with Crippen molar-refractivity contribution in [1.82, 2.24) is 14.8 Å². The van der Waals surface area contributed by atoms with Crippen molar-refractivity contribution in [2.24, 2.45) is 0 Å². The van der Waals surface area contributed by atoms with Gasteiger partial charge in [-0.05, 0) is 22.8 Å². The molecule has 0 aliphatic rings. The third-order valence-electron chi connectivity index (χ3n) is 4.00. The summed E-state index contributed by atoms with van der Waals surface area (Å²) < 4.78 is 1.74. The molecule has 0 atom stereocenters. The average Bonchev–Trinajstić information content (AvgIpc) is 2.96. The minimum Gasteiger partial charge on any atom is -0.478 e. The van der Waals surface area contributed by atoms with Crippen LogP contribution in [-0.4, -0.2) is 25.8 Å². The first-order valence-corrected chi connectivity index (χ1v) is 8.04. The van der Waals surface area contributed by atoms with Gasteiger partial charge in [-0.15, -0.1) is 0 Å². The number of rotatable bonds is 5. The maximum absolute atomic E-state index is 11.5. The standard InChI is InChI=1S/C19H19N3O3/c1-12(2)17-20-19(25)21-22(17)11-13-7-9-14(10-8-13)15-5-3-4-6-16(15)18(23)24/h3-10,12H,11H2,1-2H3,(H,21,25)(H,23,24). The molecule has 0 unspecified atom stereocenters. The van der Waals surface area contributed by atoms with Crippen LogP contribution >= 0.6 is 0 Å². The summed E-state index contributed by atoms with van der Waals surface area (Å²) in [4.78, 5) is 26.9. The number of carboxylic acid groups (broad SMARTS) is 1. The second-order valence-electron chi connectivity index (χ2n) is 6.18. The number of hydrogen-bond acceptors (Lipinski definition) is 3. The molecule has 6 nitrogen and oxygen atoms in total. The fourth-order valence-electron chi connectivity index (χ4n) is 2.82. The number of benzene rings is 2. The second-order valence-corrected chi connectivity index (χ2v) is 6.18. The van der Waals surface area contributed by atoms with Crippen molar-refractivity contribution in [3.63, 3.8) is 0 Å². The number of nitrogens with zero attached hydrogens (tertiary/aromatic N) is 2. The van der Waals surface area contributed by atoms with E-state index in [2.05, 4.69) is 10.1 Å². The molecular weight excluding hydrogens is 318 g/mol. The highest BCUT2D eigenvalue weighted by Gasteiger charge is 2.12. The average molecular weight is 337 g/mol. The lowest BCUT2D eigenvalue weighted by Crippen LogP contribution is -2.09. The number of aromatic amines is 1. The van der Waals surface area contributed by atoms with Crippen molar-refractivity contribution in [3.8, 4) is 11.1 Å². The molecular formula is C19H19N3O3. The number of hydrogen-bond donors (Lipinski definition) is 2. The number of H-pyrrole nitrogens is 1. The van der Waals surface area contributed by atoms with Gasteiger partial charge >= 0.3 is 11.7 Å². The summed E-state index contributed by atoms with van der Waals surface area (Å²) in [6, 6.07) is 14.6. The van der Waals surface area contributed by atoms with E-state index in [1.54, 1.807) is 22.9 Å². The van der Waals surface area contributed by atoms with Crippen molar-refractivity contribution in [2.75, 3.05) is 0 Å². The largest absolute Gasteiger partial charge is 0.478 e. The van der Waals surface area contributed by atoms with E-state index in [9.17, 15) is 14.7 Å². The molecule has 0 amide bonds. The van der Waals surface area contributed by atoms with Gasteiger partial charge in [-0.1, -0.05) is 56.3 Å². The van der Waals surface area contributed by atoms with Crippen molar-refractivity contribution in [2.45, 2.75) is 26.3 Å². The SMILES string of the molecule is CC(C)c1nc(=O)[nH]n1Cc1ccc(-c2ccccc2C(=O)O)cc1. The molecule has 0 saturated carbocycles. The van der Waals surface area contributed by atoms with E-state index in [4.69, 9.17) is 0 Å². The van der Waals surface area contributed by atoms with Crippen molar-refractivity contribution in [3.05, 3.63) is 76.0 Å². The maximum atomic E-state index is 11.5. The van der Waals surface area contributed by atoms with Gasteiger partial charge in [0.25, 0.3) is 0 Å². The smallest absolute Gasteiger partial charge is 0.361 e. The van der Waals surface area contributed by atoms with Crippen LogP contribution < -0.4 is 5.69 Å². The van der Waals surface area contributed by atoms with Crippen LogP contribution in [0.2, 0.25) is 0 Å². The molecule has 0 aliphatic carbocycles. The zero-order chi connectivity index (χ0) is 18.0. The molecule has 6 heteroatoms. The van der Waals surface area contributed by atoms with Crippen LogP contribution in [0.1, 0.15) is 41.5 Å². The first kappa shape index (κ1) is 16.7. The first-order chi connectivity index (χ1) is 12.0. The molecule has 0 aliphatic heterocycles. The normalized spacial score (nSPS) is 11.0. The monoisotopic (exact) mass is 337 g/mol. The van der Waals surface area contributed by atoms with Crippen LogP contribution in [0, 0.1) is 0 Å². The van der Waals surface area contributed by atoms with Crippen molar-refractivity contribution >= 4 is 5.97 Å². The van der Waals surface area contributed by atoms with Gasteiger partial charge in [0.05, 0.1) is 12.1 Å². The van der Waals surface area contributed by atoms with E-state index in [-0.39, 0.29) is 17.2 Å². The third-order valence-corrected chi connectivity index (χ3v) is 4.00. The van der Waals surface area contributed by atoms with Crippen LogP contribution in [0.3, 0.4) is 0 Å². The first-order valence-electron chi connectivity index (χ1n) is 8.04. The van der Waals surface area contributed by atoms with E-state index in [1.165, 1.54) is 0 Å². The lowest BCUT2D eigenvalue weighted by atomic mass is 9.99. The van der Waals surface area contributed by atoms with Gasteiger partial charge in [0, 0.05) is 5.92 Å². The van der Waals surface area contributed by atoms with Crippen molar-refractivity contribution in [1.29, 1.82) is 0 Å². The predicted octanol–water partition coefficient (Wildman–Crippen LogP) is 3.11. The molecule has 2 N–H and O–H groups in total. The van der Waals surface area contributed by atoms with E-state index < -0.39 is 5.97 Å². The summed E-state index contributed by atoms with van der Waals surface area (Å²) in [5.41, 5.74) is 2.43. The number of aromatic nitrogens is 3. The minimum absolute atomic E-state index is 0.140. The number of carbonyl (C=O) groups is 1. The molecule has 3 rings (SSSR count). The highest BCUT2D eigenvalue weighted by Crippen LogP contribution is 2.24. The molecule has 0 spiro atoms. The summed E-state index contributed by atoms with van der Waals surface area (Å²) in [6.45, 7) is 4.47. The molecule has 3 aromatic rings. The molecule has 0 saturated heterocycles. The van der Waals surface area contributed by atoms with Crippen LogP contribution in [0.5, 0.6) is 0 Å². The number of aromatic carboxylic acids is 1. The van der Waals surface area contributed by atoms with Gasteiger partial charge in [0.2, 0.25) is 0 Å². The minimum atomic E-state index is -0.947. The Bertz CT molecular complexity index is 953. The Morgan fingerprint density at radius 1 is 1.16 bits per heavy atom. The third kappa shape index (κ3) is 3.52.